The number of hydrogen-bond donors (Lipinski definition) is 0. The Kier molecular flexibility index (Phi) is 5.25. The van der Waals surface area contributed by atoms with E-state index in [1.54, 1.807) is 36.4 Å². The van der Waals surface area contributed by atoms with Gasteiger partial charge >= 0.3 is 7.60 Å². The molecule has 1 atom stereocenters. The maximum atomic E-state index is 13.3. The van der Waals surface area contributed by atoms with Crippen LogP contribution in [-0.4, -0.2) is 35.3 Å². The Balaban J connectivity index is 2.07. The number of benzene rings is 2. The molecule has 0 bridgehead atoms. The Labute approximate surface area is 160 Å². The van der Waals surface area contributed by atoms with Gasteiger partial charge in [0.05, 0.1) is 16.7 Å². The highest BCUT2D eigenvalue weighted by Crippen LogP contribution is 2.55. The van der Waals surface area contributed by atoms with Crippen molar-refractivity contribution in [3.8, 4) is 0 Å². The summed E-state index contributed by atoms with van der Waals surface area (Å²) in [5.74, 6) is 0. The van der Waals surface area contributed by atoms with Crippen LogP contribution in [-0.2, 0) is 29.1 Å². The molecule has 0 spiro atoms. The van der Waals surface area contributed by atoms with E-state index in [9.17, 15) is 13.0 Å². The highest BCUT2D eigenvalue weighted by Gasteiger charge is 2.47. The van der Waals surface area contributed by atoms with E-state index in [4.69, 9.17) is 9.05 Å². The number of sulfonamides is 1. The number of hydrogen-bond acceptors (Lipinski definition) is 5. The van der Waals surface area contributed by atoms with Gasteiger partial charge in [0.15, 0.2) is 0 Å². The predicted octanol–water partition coefficient (Wildman–Crippen LogP) is 3.95. The number of aryl methyl sites for hydroxylation is 1. The van der Waals surface area contributed by atoms with E-state index in [0.29, 0.717) is 5.69 Å². The molecule has 0 aromatic heterocycles. The largest absolute Gasteiger partial charge is 0.331 e. The second-order valence-electron chi connectivity index (χ2n) is 7.04. The zero-order valence-electron chi connectivity index (χ0n) is 15.9. The van der Waals surface area contributed by atoms with Crippen LogP contribution in [0.3, 0.4) is 0 Å². The van der Waals surface area contributed by atoms with E-state index in [0.717, 1.165) is 11.1 Å². The van der Waals surface area contributed by atoms with E-state index in [-0.39, 0.29) is 17.6 Å². The Hall–Kier alpha value is -1.66. The van der Waals surface area contributed by atoms with Gasteiger partial charge in [-0.15, -0.1) is 0 Å². The van der Waals surface area contributed by atoms with Gasteiger partial charge in [-0.2, -0.15) is 0 Å². The van der Waals surface area contributed by atoms with Gasteiger partial charge in [-0.25, -0.2) is 8.42 Å². The maximum absolute atomic E-state index is 13.3. The molecule has 0 radical (unpaired) electrons. The lowest BCUT2D eigenvalue weighted by Crippen LogP contribution is -2.37. The fraction of sp³-hybridized carbons (Fsp3) is 0.368. The van der Waals surface area contributed by atoms with Crippen molar-refractivity contribution in [3.05, 3.63) is 59.7 Å². The van der Waals surface area contributed by atoms with Crippen molar-refractivity contribution in [2.24, 2.45) is 0 Å². The van der Waals surface area contributed by atoms with Crippen LogP contribution in [0.4, 0.5) is 5.69 Å². The zero-order chi connectivity index (χ0) is 19.9. The molecule has 3 rings (SSSR count). The van der Waals surface area contributed by atoms with Gasteiger partial charge in [0.25, 0.3) is 10.0 Å². The number of fused-ring (bicyclic) bond motifs is 1. The van der Waals surface area contributed by atoms with Crippen LogP contribution in [0.5, 0.6) is 0 Å². The van der Waals surface area contributed by atoms with Gasteiger partial charge in [-0.05, 0) is 30.7 Å². The molecule has 0 fully saturated rings. The van der Waals surface area contributed by atoms with Gasteiger partial charge in [0.2, 0.25) is 0 Å². The number of nitrogens with zero attached hydrogens (tertiary/aromatic N) is 1. The summed E-state index contributed by atoms with van der Waals surface area (Å²) in [6.45, 7) is 3.96. The first kappa shape index (κ1) is 20.1. The molecular formula is C19H24NO5PS. The molecule has 8 heteroatoms. The third kappa shape index (κ3) is 3.57. The SMILES string of the molecule is COP(=O)(CC1(C)CN(S(=O)(=O)c2ccc(C)cc2)c2ccccc21)OC. The summed E-state index contributed by atoms with van der Waals surface area (Å²) in [6, 6.07) is 14.1. The van der Waals surface area contributed by atoms with Crippen LogP contribution in [0.25, 0.3) is 0 Å². The van der Waals surface area contributed by atoms with Crippen molar-refractivity contribution in [3.63, 3.8) is 0 Å². The molecule has 0 aliphatic carbocycles. The number of anilines is 1. The highest BCUT2D eigenvalue weighted by molar-refractivity contribution is 7.92. The lowest BCUT2D eigenvalue weighted by Gasteiger charge is -2.28. The third-order valence-corrected chi connectivity index (χ3v) is 9.00. The molecule has 2 aromatic carbocycles. The van der Waals surface area contributed by atoms with Gasteiger partial charge < -0.3 is 9.05 Å². The summed E-state index contributed by atoms with van der Waals surface area (Å²) in [4.78, 5) is 0.230. The maximum Gasteiger partial charge on any atom is 0.331 e. The average Bonchev–Trinajstić information content (AvgIpc) is 2.95. The summed E-state index contributed by atoms with van der Waals surface area (Å²) in [5, 5.41) is 0. The van der Waals surface area contributed by atoms with Crippen LogP contribution in [0.15, 0.2) is 53.4 Å². The van der Waals surface area contributed by atoms with Crippen molar-refractivity contribution in [2.75, 3.05) is 31.2 Å². The molecule has 1 heterocycles. The van der Waals surface area contributed by atoms with Crippen molar-refractivity contribution < 1.29 is 22.0 Å². The van der Waals surface area contributed by atoms with Crippen LogP contribution < -0.4 is 4.31 Å². The second-order valence-corrected chi connectivity index (χ2v) is 11.2. The number of para-hydroxylation sites is 1. The molecular weight excluding hydrogens is 385 g/mol. The van der Waals surface area contributed by atoms with E-state index in [2.05, 4.69) is 0 Å². The molecule has 1 aliphatic rings. The Morgan fingerprint density at radius 3 is 2.26 bits per heavy atom. The fourth-order valence-corrected chi connectivity index (χ4v) is 6.65. The monoisotopic (exact) mass is 409 g/mol. The minimum absolute atomic E-state index is 0.0872. The molecule has 0 N–H and O–H groups in total. The van der Waals surface area contributed by atoms with Crippen molar-refractivity contribution in [1.82, 2.24) is 0 Å². The van der Waals surface area contributed by atoms with Crippen LogP contribution in [0.1, 0.15) is 18.1 Å². The first-order valence-electron chi connectivity index (χ1n) is 8.55. The van der Waals surface area contributed by atoms with Crippen LogP contribution >= 0.6 is 7.60 Å². The first-order valence-corrected chi connectivity index (χ1v) is 11.7. The topological polar surface area (TPSA) is 72.9 Å². The lowest BCUT2D eigenvalue weighted by molar-refractivity contribution is 0.268. The molecule has 1 aliphatic heterocycles. The molecule has 146 valence electrons. The van der Waals surface area contributed by atoms with Gasteiger partial charge in [-0.3, -0.25) is 8.87 Å². The minimum atomic E-state index is -3.75. The summed E-state index contributed by atoms with van der Waals surface area (Å²) in [5.41, 5.74) is 1.70. The molecule has 0 amide bonds. The lowest BCUT2D eigenvalue weighted by atomic mass is 9.87. The fourth-order valence-electron chi connectivity index (χ4n) is 3.51. The van der Waals surface area contributed by atoms with Gasteiger partial charge in [0.1, 0.15) is 0 Å². The highest BCUT2D eigenvalue weighted by atomic mass is 32.2. The summed E-state index contributed by atoms with van der Waals surface area (Å²) < 4.78 is 51.0. The first-order chi connectivity index (χ1) is 12.6. The van der Waals surface area contributed by atoms with E-state index < -0.39 is 23.0 Å². The van der Waals surface area contributed by atoms with Gasteiger partial charge in [0, 0.05) is 26.2 Å². The Morgan fingerprint density at radius 1 is 1.07 bits per heavy atom. The Morgan fingerprint density at radius 2 is 1.67 bits per heavy atom. The number of rotatable bonds is 6. The molecule has 2 aromatic rings. The molecule has 27 heavy (non-hydrogen) atoms. The summed E-state index contributed by atoms with van der Waals surface area (Å²) >= 11 is 0. The Bertz CT molecular complexity index is 981. The van der Waals surface area contributed by atoms with Crippen molar-refractivity contribution in [1.29, 1.82) is 0 Å². The minimum Gasteiger partial charge on any atom is -0.312 e. The van der Waals surface area contributed by atoms with E-state index in [1.807, 2.05) is 26.0 Å². The standard InChI is InChI=1S/C19H24NO5PS/c1-15-9-11-16(12-10-15)27(22,23)20-13-19(2,14-26(21,24-3)25-4)17-7-5-6-8-18(17)20/h5-12H,13-14H2,1-4H3. The summed E-state index contributed by atoms with van der Waals surface area (Å²) in [7, 11) is -4.39. The molecule has 6 nitrogen and oxygen atoms in total. The van der Waals surface area contributed by atoms with Gasteiger partial charge in [-0.1, -0.05) is 42.8 Å². The van der Waals surface area contributed by atoms with E-state index in [1.165, 1.54) is 18.5 Å². The average molecular weight is 409 g/mol. The van der Waals surface area contributed by atoms with Crippen LogP contribution in [0.2, 0.25) is 0 Å². The molecule has 0 saturated heterocycles. The third-order valence-electron chi connectivity index (χ3n) is 5.02. The quantitative estimate of drug-likeness (QED) is 0.676. The predicted molar refractivity (Wildman–Crippen MR) is 106 cm³/mol. The van der Waals surface area contributed by atoms with Crippen molar-refractivity contribution in [2.45, 2.75) is 24.2 Å². The normalized spacial score (nSPS) is 19.9. The molecule has 0 saturated carbocycles. The summed E-state index contributed by atoms with van der Waals surface area (Å²) in [6.07, 6.45) is 0.0872. The van der Waals surface area contributed by atoms with Crippen molar-refractivity contribution >= 4 is 23.3 Å². The second kappa shape index (κ2) is 7.06. The van der Waals surface area contributed by atoms with E-state index >= 15 is 0 Å². The van der Waals surface area contributed by atoms with Crippen LogP contribution in [0, 0.1) is 6.92 Å². The molecule has 1 unspecified atom stereocenters. The smallest absolute Gasteiger partial charge is 0.312 e. The zero-order valence-corrected chi connectivity index (χ0v) is 17.6.